The Bertz CT molecular complexity index is 1440. The number of rotatable bonds is 7. The van der Waals surface area contributed by atoms with Gasteiger partial charge in [-0.2, -0.15) is 4.99 Å². The van der Waals surface area contributed by atoms with Crippen molar-refractivity contribution in [3.63, 3.8) is 0 Å². The Morgan fingerprint density at radius 1 is 1.10 bits per heavy atom. The van der Waals surface area contributed by atoms with Crippen LogP contribution in [0.3, 0.4) is 0 Å². The molecule has 1 aromatic heterocycles. The highest BCUT2D eigenvalue weighted by molar-refractivity contribution is 5.95. The molecule has 3 N–H and O–H groups in total. The molecule has 2 aromatic carbocycles. The molecule has 0 atom stereocenters. The Morgan fingerprint density at radius 2 is 1.77 bits per heavy atom. The van der Waals surface area contributed by atoms with Crippen LogP contribution in [0.25, 0.3) is 11.0 Å². The first kappa shape index (κ1) is 28.2. The average Bonchev–Trinajstić information content (AvgIpc) is 3.22. The summed E-state index contributed by atoms with van der Waals surface area (Å²) in [5.74, 6) is -0.492. The summed E-state index contributed by atoms with van der Waals surface area (Å²) in [7, 11) is 0. The summed E-state index contributed by atoms with van der Waals surface area (Å²) < 4.78 is 15.5. The van der Waals surface area contributed by atoms with Gasteiger partial charge in [0.25, 0.3) is 5.91 Å². The number of aromatic nitrogens is 2. The minimum Gasteiger partial charge on any atom is -0.390 e. The van der Waals surface area contributed by atoms with E-state index in [1.807, 2.05) is 33.8 Å². The highest BCUT2D eigenvalue weighted by atomic mass is 19.1. The quantitative estimate of drug-likeness (QED) is 0.409. The van der Waals surface area contributed by atoms with Gasteiger partial charge in [-0.1, -0.05) is 6.07 Å². The minimum atomic E-state index is -0.678. The van der Waals surface area contributed by atoms with Gasteiger partial charge in [-0.05, 0) is 95.3 Å². The van der Waals surface area contributed by atoms with Gasteiger partial charge in [0, 0.05) is 49.1 Å². The summed E-state index contributed by atoms with van der Waals surface area (Å²) in [6, 6.07) is 11.9. The second kappa shape index (κ2) is 11.3. The number of hydrogen-bond acceptors (Lipinski definition) is 4. The van der Waals surface area contributed by atoms with Crippen molar-refractivity contribution in [2.45, 2.75) is 77.6 Å². The van der Waals surface area contributed by atoms with E-state index in [0.29, 0.717) is 11.2 Å². The molecule has 1 aliphatic heterocycles. The van der Waals surface area contributed by atoms with Crippen molar-refractivity contribution in [1.29, 1.82) is 0 Å². The highest BCUT2D eigenvalue weighted by Crippen LogP contribution is 2.34. The number of imidazole rings is 1. The summed E-state index contributed by atoms with van der Waals surface area (Å²) in [5, 5.41) is 13.3. The molecule has 0 unspecified atom stereocenters. The van der Waals surface area contributed by atoms with Crippen LogP contribution >= 0.6 is 0 Å². The molecule has 9 heteroatoms. The molecule has 0 radical (unpaired) electrons. The van der Waals surface area contributed by atoms with E-state index in [4.69, 9.17) is 0 Å². The van der Waals surface area contributed by atoms with Gasteiger partial charge < -0.3 is 20.0 Å². The lowest BCUT2D eigenvalue weighted by Gasteiger charge is -2.45. The lowest BCUT2D eigenvalue weighted by molar-refractivity contribution is -0.126. The van der Waals surface area contributed by atoms with Crippen molar-refractivity contribution in [3.05, 3.63) is 65.0 Å². The second-order valence-electron chi connectivity index (χ2n) is 12.3. The third-order valence-electron chi connectivity index (χ3n) is 8.32. The van der Waals surface area contributed by atoms with Gasteiger partial charge in [0.05, 0.1) is 16.6 Å². The van der Waals surface area contributed by atoms with Gasteiger partial charge in [-0.25, -0.2) is 4.39 Å². The summed E-state index contributed by atoms with van der Waals surface area (Å²) in [5.41, 5.74) is 3.10. The maximum absolute atomic E-state index is 13.4. The van der Waals surface area contributed by atoms with Crippen LogP contribution in [0.15, 0.2) is 47.5 Å². The molecule has 0 bridgehead atoms. The third-order valence-corrected chi connectivity index (χ3v) is 8.32. The fourth-order valence-corrected chi connectivity index (χ4v) is 5.88. The normalized spacial score (nSPS) is 21.1. The molecule has 2 amide bonds. The Labute approximate surface area is 234 Å². The number of H-pyrrole nitrogens is 1. The maximum Gasteiger partial charge on any atom is 0.280 e. The lowest BCUT2D eigenvalue weighted by Crippen LogP contribution is -2.55. The van der Waals surface area contributed by atoms with Gasteiger partial charge in [0.1, 0.15) is 5.82 Å². The zero-order valence-electron chi connectivity index (χ0n) is 23.8. The number of aromatic amines is 1. The molecule has 0 spiro atoms. The molecule has 8 nitrogen and oxygen atoms in total. The van der Waals surface area contributed by atoms with E-state index in [2.05, 4.69) is 36.9 Å². The first-order valence-corrected chi connectivity index (χ1v) is 14.3. The topological polar surface area (TPSA) is 103 Å². The lowest BCUT2D eigenvalue weighted by atomic mass is 9.84. The van der Waals surface area contributed by atoms with Crippen LogP contribution in [-0.4, -0.2) is 56.1 Å². The zero-order chi connectivity index (χ0) is 28.6. The number of amides is 2. The number of fused-ring (bicyclic) bond motifs is 1. The Morgan fingerprint density at radius 3 is 2.40 bits per heavy atom. The van der Waals surface area contributed by atoms with Crippen LogP contribution in [-0.2, 0) is 11.3 Å². The highest BCUT2D eigenvalue weighted by Gasteiger charge is 2.37. The first-order valence-electron chi connectivity index (χ1n) is 14.3. The predicted octanol–water partition coefficient (Wildman–Crippen LogP) is 4.31. The van der Waals surface area contributed by atoms with Gasteiger partial charge in [0.15, 0.2) is 0 Å². The van der Waals surface area contributed by atoms with Crippen molar-refractivity contribution in [3.8, 4) is 0 Å². The third kappa shape index (κ3) is 6.20. The second-order valence-corrected chi connectivity index (χ2v) is 12.3. The standard InChI is InChI=1S/C31H40FN5O3/c1-19(2)33-28(38)22-8-12-25(13-9-22)37-27-15-20(16-36-17-23(18-36)31(3,4)40)5-14-26(27)34-30(37)35-29(39)21-6-10-24(32)11-7-21/h5-7,10-11,14-15,19,22-23,25,40H,8-9,12-13,16-18H2,1-4H3,(H,33,38)(H,34,35,39)/t22-,25+. The first-order chi connectivity index (χ1) is 19.0. The van der Waals surface area contributed by atoms with E-state index >= 15 is 0 Å². The molecule has 2 heterocycles. The molecular weight excluding hydrogens is 509 g/mol. The minimum absolute atomic E-state index is 0.0172. The van der Waals surface area contributed by atoms with Crippen molar-refractivity contribution in [2.75, 3.05) is 13.1 Å². The molecular formula is C31H40FN5O3. The fourth-order valence-electron chi connectivity index (χ4n) is 5.88. The summed E-state index contributed by atoms with van der Waals surface area (Å²) in [4.78, 5) is 35.8. The number of carbonyl (C=O) groups excluding carboxylic acids is 2. The Hall–Kier alpha value is -3.30. The Kier molecular flexibility index (Phi) is 7.97. The summed E-state index contributed by atoms with van der Waals surface area (Å²) in [6.45, 7) is 10.1. The van der Waals surface area contributed by atoms with Crippen LogP contribution in [0.1, 0.15) is 75.3 Å². The van der Waals surface area contributed by atoms with Crippen molar-refractivity contribution in [2.24, 2.45) is 16.8 Å². The molecule has 1 saturated heterocycles. The van der Waals surface area contributed by atoms with E-state index in [1.165, 1.54) is 24.3 Å². The number of hydrogen-bond donors (Lipinski definition) is 3. The number of aliphatic hydroxyl groups is 1. The van der Waals surface area contributed by atoms with Crippen LogP contribution < -0.4 is 10.9 Å². The predicted molar refractivity (Wildman–Crippen MR) is 152 cm³/mol. The van der Waals surface area contributed by atoms with Gasteiger partial charge >= 0.3 is 0 Å². The molecule has 2 aliphatic rings. The summed E-state index contributed by atoms with van der Waals surface area (Å²) >= 11 is 0. The van der Waals surface area contributed by atoms with Crippen LogP contribution in [0, 0.1) is 17.7 Å². The van der Waals surface area contributed by atoms with Crippen molar-refractivity contribution in [1.82, 2.24) is 19.8 Å². The number of halogens is 1. The van der Waals surface area contributed by atoms with Crippen molar-refractivity contribution >= 4 is 22.8 Å². The average molecular weight is 550 g/mol. The largest absolute Gasteiger partial charge is 0.390 e. The van der Waals surface area contributed by atoms with Crippen molar-refractivity contribution < 1.29 is 19.1 Å². The molecule has 5 rings (SSSR count). The van der Waals surface area contributed by atoms with Gasteiger partial charge in [0.2, 0.25) is 11.5 Å². The summed E-state index contributed by atoms with van der Waals surface area (Å²) in [6.07, 6.45) is 3.12. The van der Waals surface area contributed by atoms with Crippen LogP contribution in [0.4, 0.5) is 4.39 Å². The molecule has 40 heavy (non-hydrogen) atoms. The number of nitrogens with one attached hydrogen (secondary N) is 2. The maximum atomic E-state index is 13.4. The van der Waals surface area contributed by atoms with Gasteiger partial charge in [-0.15, -0.1) is 0 Å². The van der Waals surface area contributed by atoms with Crippen LogP contribution in [0.2, 0.25) is 0 Å². The molecule has 3 aromatic rings. The van der Waals surface area contributed by atoms with Gasteiger partial charge in [-0.3, -0.25) is 14.5 Å². The number of likely N-dealkylation sites (tertiary alicyclic amines) is 1. The smallest absolute Gasteiger partial charge is 0.280 e. The van der Waals surface area contributed by atoms with E-state index in [1.54, 1.807) is 0 Å². The number of nitrogens with zero attached hydrogens (tertiary/aromatic N) is 3. The molecule has 214 valence electrons. The molecule has 1 aliphatic carbocycles. The van der Waals surface area contributed by atoms with E-state index < -0.39 is 17.3 Å². The molecule has 1 saturated carbocycles. The fraction of sp³-hybridized carbons (Fsp3) is 0.516. The molecule has 2 fully saturated rings. The van der Waals surface area contributed by atoms with E-state index in [-0.39, 0.29) is 29.8 Å². The van der Waals surface area contributed by atoms with Crippen LogP contribution in [0.5, 0.6) is 0 Å². The number of benzene rings is 2. The van der Waals surface area contributed by atoms with E-state index in [0.717, 1.165) is 61.9 Å². The SMILES string of the molecule is CC(C)NC(=O)[C@H]1CC[C@@H](n2/c(=N/C(=O)c3ccc(F)cc3)[nH]c3ccc(CN4CC(C(C)(C)O)C4)cc32)CC1. The van der Waals surface area contributed by atoms with E-state index in [9.17, 15) is 19.1 Å². The monoisotopic (exact) mass is 549 g/mol. The number of carbonyl (C=O) groups is 2. The Balaban J connectivity index is 1.45. The zero-order valence-corrected chi connectivity index (χ0v) is 23.8.